The monoisotopic (exact) mass is 332 g/mol. The van der Waals surface area contributed by atoms with E-state index in [1.165, 1.54) is 0 Å². The Morgan fingerprint density at radius 3 is 2.71 bits per heavy atom. The Balaban J connectivity index is 1.36. The number of carbonyl (C=O) groups is 1. The number of amides is 1. The highest BCUT2D eigenvalue weighted by atomic mass is 16.3. The standard InChI is InChI=1S/C18H28N4O2/c1-20(14-16(23)15-5-6-15)18(24)7-9-21-10-12-22(13-11-21)17-4-2-3-8-19-17/h2-4,8,15-16,23H,5-7,9-14H2,1H3. The summed E-state index contributed by atoms with van der Waals surface area (Å²) in [7, 11) is 1.80. The molecule has 0 spiro atoms. The van der Waals surface area contributed by atoms with E-state index in [4.69, 9.17) is 0 Å². The van der Waals surface area contributed by atoms with Gasteiger partial charge in [0.25, 0.3) is 0 Å². The topological polar surface area (TPSA) is 59.9 Å². The number of aromatic nitrogens is 1. The van der Waals surface area contributed by atoms with Gasteiger partial charge in [-0.2, -0.15) is 0 Å². The number of aliphatic hydroxyl groups is 1. The number of carbonyl (C=O) groups excluding carboxylic acids is 1. The summed E-state index contributed by atoms with van der Waals surface area (Å²) in [4.78, 5) is 22.9. The van der Waals surface area contributed by atoms with Crippen molar-refractivity contribution in [3.63, 3.8) is 0 Å². The molecule has 0 radical (unpaired) electrons. The van der Waals surface area contributed by atoms with E-state index in [1.807, 2.05) is 24.4 Å². The summed E-state index contributed by atoms with van der Waals surface area (Å²) >= 11 is 0. The van der Waals surface area contributed by atoms with E-state index in [0.717, 1.165) is 51.4 Å². The summed E-state index contributed by atoms with van der Waals surface area (Å²) in [5.41, 5.74) is 0. The van der Waals surface area contributed by atoms with E-state index in [1.54, 1.807) is 11.9 Å². The lowest BCUT2D eigenvalue weighted by Crippen LogP contribution is -2.47. The second-order valence-electron chi connectivity index (χ2n) is 6.95. The summed E-state index contributed by atoms with van der Waals surface area (Å²) in [6.07, 6.45) is 4.21. The molecule has 1 unspecified atom stereocenters. The van der Waals surface area contributed by atoms with Gasteiger partial charge in [-0.05, 0) is 30.9 Å². The lowest BCUT2D eigenvalue weighted by atomic mass is 10.2. The van der Waals surface area contributed by atoms with E-state index >= 15 is 0 Å². The van der Waals surface area contributed by atoms with Crippen molar-refractivity contribution in [3.8, 4) is 0 Å². The molecule has 0 aromatic carbocycles. The molecule has 1 aromatic heterocycles. The fourth-order valence-corrected chi connectivity index (χ4v) is 3.20. The number of nitrogens with zero attached hydrogens (tertiary/aromatic N) is 4. The van der Waals surface area contributed by atoms with Crippen molar-refractivity contribution in [2.75, 3.05) is 51.2 Å². The second-order valence-corrected chi connectivity index (χ2v) is 6.95. The molecular weight excluding hydrogens is 304 g/mol. The number of likely N-dealkylation sites (N-methyl/N-ethyl adjacent to an activating group) is 1. The molecule has 132 valence electrons. The molecule has 2 aliphatic rings. The first-order valence-electron chi connectivity index (χ1n) is 8.94. The molecule has 6 nitrogen and oxygen atoms in total. The van der Waals surface area contributed by atoms with E-state index < -0.39 is 0 Å². The van der Waals surface area contributed by atoms with Crippen molar-refractivity contribution in [3.05, 3.63) is 24.4 Å². The maximum Gasteiger partial charge on any atom is 0.223 e. The van der Waals surface area contributed by atoms with Crippen molar-refractivity contribution < 1.29 is 9.90 Å². The average molecular weight is 332 g/mol. The van der Waals surface area contributed by atoms with Crippen LogP contribution in [0.5, 0.6) is 0 Å². The maximum absolute atomic E-state index is 12.2. The quantitative estimate of drug-likeness (QED) is 0.801. The van der Waals surface area contributed by atoms with E-state index in [9.17, 15) is 9.90 Å². The summed E-state index contributed by atoms with van der Waals surface area (Å²) in [5, 5.41) is 9.95. The first-order valence-corrected chi connectivity index (χ1v) is 8.94. The van der Waals surface area contributed by atoms with Crippen LogP contribution in [0.3, 0.4) is 0 Å². The van der Waals surface area contributed by atoms with Gasteiger partial charge in [-0.3, -0.25) is 9.69 Å². The van der Waals surface area contributed by atoms with E-state index in [2.05, 4.69) is 14.8 Å². The number of anilines is 1. The summed E-state index contributed by atoms with van der Waals surface area (Å²) in [6, 6.07) is 5.99. The van der Waals surface area contributed by atoms with Gasteiger partial charge in [0.05, 0.1) is 6.10 Å². The van der Waals surface area contributed by atoms with Crippen molar-refractivity contribution in [2.45, 2.75) is 25.4 Å². The van der Waals surface area contributed by atoms with Gasteiger partial charge in [0.15, 0.2) is 0 Å². The molecule has 1 aliphatic carbocycles. The van der Waals surface area contributed by atoms with Gasteiger partial charge in [-0.1, -0.05) is 6.07 Å². The second kappa shape index (κ2) is 7.94. The van der Waals surface area contributed by atoms with Crippen LogP contribution in [0.15, 0.2) is 24.4 Å². The summed E-state index contributed by atoms with van der Waals surface area (Å²) in [5.74, 6) is 1.57. The molecule has 1 saturated carbocycles. The average Bonchev–Trinajstić information content (AvgIpc) is 3.46. The molecule has 2 heterocycles. The molecule has 1 aliphatic heterocycles. The Hall–Kier alpha value is -1.66. The van der Waals surface area contributed by atoms with Crippen LogP contribution < -0.4 is 4.90 Å². The van der Waals surface area contributed by atoms with Crippen LogP contribution >= 0.6 is 0 Å². The van der Waals surface area contributed by atoms with Gasteiger partial charge in [0.1, 0.15) is 5.82 Å². The Bertz CT molecular complexity index is 527. The van der Waals surface area contributed by atoms with Gasteiger partial charge in [-0.15, -0.1) is 0 Å². The van der Waals surface area contributed by atoms with E-state index in [-0.39, 0.29) is 12.0 Å². The lowest BCUT2D eigenvalue weighted by Gasteiger charge is -2.35. The van der Waals surface area contributed by atoms with Crippen LogP contribution in [-0.2, 0) is 4.79 Å². The minimum absolute atomic E-state index is 0.127. The fourth-order valence-electron chi connectivity index (χ4n) is 3.20. The molecule has 1 amide bonds. The van der Waals surface area contributed by atoms with Gasteiger partial charge >= 0.3 is 0 Å². The Morgan fingerprint density at radius 1 is 1.33 bits per heavy atom. The highest BCUT2D eigenvalue weighted by Crippen LogP contribution is 2.32. The molecule has 6 heteroatoms. The van der Waals surface area contributed by atoms with Crippen LogP contribution in [0.4, 0.5) is 5.82 Å². The third-order valence-corrected chi connectivity index (χ3v) is 5.04. The highest BCUT2D eigenvalue weighted by molar-refractivity contribution is 5.76. The minimum Gasteiger partial charge on any atom is -0.391 e. The van der Waals surface area contributed by atoms with Crippen molar-refractivity contribution >= 4 is 11.7 Å². The lowest BCUT2D eigenvalue weighted by molar-refractivity contribution is -0.131. The van der Waals surface area contributed by atoms with Gasteiger partial charge in [0.2, 0.25) is 5.91 Å². The van der Waals surface area contributed by atoms with Crippen LogP contribution in [0.1, 0.15) is 19.3 Å². The van der Waals surface area contributed by atoms with Crippen molar-refractivity contribution in [1.82, 2.24) is 14.8 Å². The van der Waals surface area contributed by atoms with Crippen molar-refractivity contribution in [1.29, 1.82) is 0 Å². The van der Waals surface area contributed by atoms with Crippen LogP contribution in [0.2, 0.25) is 0 Å². The number of aliphatic hydroxyl groups excluding tert-OH is 1. The number of piperazine rings is 1. The number of hydrogen-bond acceptors (Lipinski definition) is 5. The molecule has 1 aromatic rings. The highest BCUT2D eigenvalue weighted by Gasteiger charge is 2.31. The van der Waals surface area contributed by atoms with Crippen LogP contribution in [0.25, 0.3) is 0 Å². The van der Waals surface area contributed by atoms with Crippen LogP contribution in [-0.4, -0.2) is 78.2 Å². The largest absolute Gasteiger partial charge is 0.391 e. The van der Waals surface area contributed by atoms with Crippen molar-refractivity contribution in [2.24, 2.45) is 5.92 Å². The molecule has 0 bridgehead atoms. The molecule has 2 fully saturated rings. The Kier molecular flexibility index (Phi) is 5.68. The molecule has 3 rings (SSSR count). The predicted octanol–water partition coefficient (Wildman–Crippen LogP) is 0.823. The molecule has 1 saturated heterocycles. The molecule has 24 heavy (non-hydrogen) atoms. The Morgan fingerprint density at radius 2 is 2.08 bits per heavy atom. The van der Waals surface area contributed by atoms with E-state index in [0.29, 0.717) is 18.9 Å². The Labute approximate surface area is 144 Å². The van der Waals surface area contributed by atoms with Gasteiger partial charge in [0, 0.05) is 58.9 Å². The third kappa shape index (κ3) is 4.68. The minimum atomic E-state index is -0.346. The first kappa shape index (κ1) is 17.2. The van der Waals surface area contributed by atoms with Crippen LogP contribution in [0, 0.1) is 5.92 Å². The molecule has 1 N–H and O–H groups in total. The maximum atomic E-state index is 12.2. The number of rotatable bonds is 7. The zero-order chi connectivity index (χ0) is 16.9. The first-order chi connectivity index (χ1) is 11.6. The van der Waals surface area contributed by atoms with Gasteiger partial charge in [-0.25, -0.2) is 4.98 Å². The zero-order valence-corrected chi connectivity index (χ0v) is 14.5. The third-order valence-electron chi connectivity index (χ3n) is 5.04. The molecular formula is C18H28N4O2. The normalized spacial score (nSPS) is 20.0. The molecule has 1 atom stereocenters. The summed E-state index contributed by atoms with van der Waals surface area (Å²) in [6.45, 7) is 5.06. The van der Waals surface area contributed by atoms with Gasteiger partial charge < -0.3 is 14.9 Å². The fraction of sp³-hybridized carbons (Fsp3) is 0.667. The smallest absolute Gasteiger partial charge is 0.223 e. The number of pyridine rings is 1. The zero-order valence-electron chi connectivity index (χ0n) is 14.5. The summed E-state index contributed by atoms with van der Waals surface area (Å²) < 4.78 is 0. The predicted molar refractivity (Wildman–Crippen MR) is 93.9 cm³/mol. The number of hydrogen-bond donors (Lipinski definition) is 1. The SMILES string of the molecule is CN(CC(O)C1CC1)C(=O)CCN1CCN(c2ccccn2)CC1.